The van der Waals surface area contributed by atoms with Crippen LogP contribution in [-0.2, 0) is 9.53 Å². The van der Waals surface area contributed by atoms with Crippen LogP contribution in [0.1, 0.15) is 22.5 Å². The number of hydrogen-bond acceptors (Lipinski definition) is 5. The molecule has 0 bridgehead atoms. The molecule has 1 aromatic heterocycles. The van der Waals surface area contributed by atoms with Crippen LogP contribution in [0, 0.1) is 5.92 Å². The molecule has 1 aliphatic heterocycles. The molecule has 0 saturated carbocycles. The molecular formula is C13H16N2O5S. The molecule has 1 fully saturated rings. The Kier molecular flexibility index (Phi) is 4.79. The normalized spacial score (nSPS) is 15.6. The molecule has 2 rings (SSSR count). The smallest absolute Gasteiger partial charge is 0.350 e. The highest BCUT2D eigenvalue weighted by molar-refractivity contribution is 7.12. The van der Waals surface area contributed by atoms with E-state index < -0.39 is 11.9 Å². The quantitative estimate of drug-likeness (QED) is 0.831. The number of carbonyl (C=O) groups is 3. The SMILES string of the molecule is COC(=O)c1sccc1NC(=O)N1CCC(C(=O)O)CC1. The van der Waals surface area contributed by atoms with Crippen molar-refractivity contribution in [1.29, 1.82) is 0 Å². The number of esters is 1. The maximum absolute atomic E-state index is 12.1. The number of amides is 2. The Morgan fingerprint density at radius 1 is 1.38 bits per heavy atom. The number of nitrogens with zero attached hydrogens (tertiary/aromatic N) is 1. The van der Waals surface area contributed by atoms with Gasteiger partial charge >= 0.3 is 18.0 Å². The van der Waals surface area contributed by atoms with Crippen molar-refractivity contribution in [3.05, 3.63) is 16.3 Å². The van der Waals surface area contributed by atoms with Crippen molar-refractivity contribution in [3.63, 3.8) is 0 Å². The van der Waals surface area contributed by atoms with Gasteiger partial charge in [-0.05, 0) is 24.3 Å². The third-order valence-electron chi connectivity index (χ3n) is 3.41. The molecule has 0 unspecified atom stereocenters. The zero-order valence-corrected chi connectivity index (χ0v) is 12.3. The van der Waals surface area contributed by atoms with Crippen molar-refractivity contribution >= 4 is 35.0 Å². The van der Waals surface area contributed by atoms with E-state index in [2.05, 4.69) is 10.1 Å². The highest BCUT2D eigenvalue weighted by Crippen LogP contribution is 2.24. The van der Waals surface area contributed by atoms with Crippen molar-refractivity contribution in [2.75, 3.05) is 25.5 Å². The van der Waals surface area contributed by atoms with Gasteiger partial charge in [0.2, 0.25) is 0 Å². The van der Waals surface area contributed by atoms with Crippen LogP contribution in [-0.4, -0.2) is 48.2 Å². The van der Waals surface area contributed by atoms with E-state index in [1.807, 2.05) is 0 Å². The predicted octanol–water partition coefficient (Wildman–Crippen LogP) is 1.86. The summed E-state index contributed by atoms with van der Waals surface area (Å²) in [6.45, 7) is 0.779. The summed E-state index contributed by atoms with van der Waals surface area (Å²) in [5, 5.41) is 13.3. The number of anilines is 1. The van der Waals surface area contributed by atoms with Gasteiger partial charge in [0.1, 0.15) is 4.88 Å². The standard InChI is InChI=1S/C13H16N2O5S/c1-20-12(18)10-9(4-7-21-10)14-13(19)15-5-2-8(3-6-15)11(16)17/h4,7-8H,2-3,5-6H2,1H3,(H,14,19)(H,16,17). The number of hydrogen-bond donors (Lipinski definition) is 2. The fourth-order valence-corrected chi connectivity index (χ4v) is 2.95. The summed E-state index contributed by atoms with van der Waals surface area (Å²) >= 11 is 1.19. The van der Waals surface area contributed by atoms with Gasteiger partial charge in [0.15, 0.2) is 0 Å². The van der Waals surface area contributed by atoms with Crippen molar-refractivity contribution < 1.29 is 24.2 Å². The molecule has 1 aromatic rings. The van der Waals surface area contributed by atoms with Crippen LogP contribution in [0.3, 0.4) is 0 Å². The summed E-state index contributed by atoms with van der Waals surface area (Å²) in [4.78, 5) is 36.4. The monoisotopic (exact) mass is 312 g/mol. The van der Waals surface area contributed by atoms with E-state index in [1.165, 1.54) is 18.4 Å². The third kappa shape index (κ3) is 3.52. The first kappa shape index (κ1) is 15.3. The number of urea groups is 1. The first-order valence-corrected chi connectivity index (χ1v) is 7.35. The summed E-state index contributed by atoms with van der Waals surface area (Å²) in [5.41, 5.74) is 0.414. The average molecular weight is 312 g/mol. The Balaban J connectivity index is 1.95. The Bertz CT molecular complexity index is 549. The fourth-order valence-electron chi connectivity index (χ4n) is 2.18. The van der Waals surface area contributed by atoms with Crippen molar-refractivity contribution in [2.45, 2.75) is 12.8 Å². The van der Waals surface area contributed by atoms with Gasteiger partial charge in [-0.2, -0.15) is 0 Å². The minimum absolute atomic E-state index is 0.331. The summed E-state index contributed by atoms with van der Waals surface area (Å²) < 4.78 is 4.64. The van der Waals surface area contributed by atoms with Gasteiger partial charge in [-0.15, -0.1) is 11.3 Å². The molecule has 2 heterocycles. The average Bonchev–Trinajstić information content (AvgIpc) is 2.94. The molecule has 1 aliphatic rings. The van der Waals surface area contributed by atoms with E-state index in [4.69, 9.17) is 5.11 Å². The number of methoxy groups -OCH3 is 1. The Labute approximate surface area is 125 Å². The minimum Gasteiger partial charge on any atom is -0.481 e. The lowest BCUT2D eigenvalue weighted by Gasteiger charge is -2.30. The third-order valence-corrected chi connectivity index (χ3v) is 4.30. The van der Waals surface area contributed by atoms with Crippen LogP contribution < -0.4 is 5.32 Å². The molecule has 0 atom stereocenters. The van der Waals surface area contributed by atoms with Crippen molar-refractivity contribution in [2.24, 2.45) is 5.92 Å². The van der Waals surface area contributed by atoms with E-state index >= 15 is 0 Å². The van der Waals surface area contributed by atoms with Gasteiger partial charge in [-0.1, -0.05) is 0 Å². The minimum atomic E-state index is -0.819. The second-order valence-electron chi connectivity index (χ2n) is 4.68. The largest absolute Gasteiger partial charge is 0.481 e. The van der Waals surface area contributed by atoms with Gasteiger partial charge in [-0.25, -0.2) is 9.59 Å². The highest BCUT2D eigenvalue weighted by Gasteiger charge is 2.27. The van der Waals surface area contributed by atoms with Gasteiger partial charge in [0.05, 0.1) is 18.7 Å². The number of carbonyl (C=O) groups excluding carboxylic acids is 2. The molecule has 0 aromatic carbocycles. The number of carboxylic acid groups (broad SMARTS) is 1. The Morgan fingerprint density at radius 3 is 2.62 bits per heavy atom. The maximum atomic E-state index is 12.1. The van der Waals surface area contributed by atoms with Gasteiger partial charge in [-0.3, -0.25) is 4.79 Å². The molecule has 7 nitrogen and oxygen atoms in total. The van der Waals surface area contributed by atoms with Crippen LogP contribution in [0.5, 0.6) is 0 Å². The zero-order valence-electron chi connectivity index (χ0n) is 11.5. The van der Waals surface area contributed by atoms with Crippen LogP contribution in [0.2, 0.25) is 0 Å². The Hall–Kier alpha value is -2.09. The maximum Gasteiger partial charge on any atom is 0.350 e. The summed E-state index contributed by atoms with van der Waals surface area (Å²) in [7, 11) is 1.28. The number of piperidine rings is 1. The lowest BCUT2D eigenvalue weighted by Crippen LogP contribution is -2.42. The topological polar surface area (TPSA) is 95.9 Å². The number of likely N-dealkylation sites (tertiary alicyclic amines) is 1. The number of rotatable bonds is 3. The van der Waals surface area contributed by atoms with Crippen LogP contribution >= 0.6 is 11.3 Å². The van der Waals surface area contributed by atoms with Gasteiger partial charge < -0.3 is 20.1 Å². The van der Waals surface area contributed by atoms with E-state index in [9.17, 15) is 14.4 Å². The first-order chi connectivity index (χ1) is 10.0. The van der Waals surface area contributed by atoms with Crippen molar-refractivity contribution in [3.8, 4) is 0 Å². The predicted molar refractivity (Wildman–Crippen MR) is 76.6 cm³/mol. The first-order valence-electron chi connectivity index (χ1n) is 6.47. The molecule has 0 aliphatic carbocycles. The van der Waals surface area contributed by atoms with Gasteiger partial charge in [0, 0.05) is 13.1 Å². The fraction of sp³-hybridized carbons (Fsp3) is 0.462. The molecular weight excluding hydrogens is 296 g/mol. The Morgan fingerprint density at radius 2 is 2.05 bits per heavy atom. The van der Waals surface area contributed by atoms with E-state index in [-0.39, 0.29) is 11.9 Å². The number of ether oxygens (including phenoxy) is 1. The van der Waals surface area contributed by atoms with Crippen molar-refractivity contribution in [1.82, 2.24) is 4.90 Å². The van der Waals surface area contributed by atoms with Gasteiger partial charge in [0.25, 0.3) is 0 Å². The van der Waals surface area contributed by atoms with Crippen LogP contribution in [0.15, 0.2) is 11.4 Å². The van der Waals surface area contributed by atoms with E-state index in [0.717, 1.165) is 0 Å². The second-order valence-corrected chi connectivity index (χ2v) is 5.60. The molecule has 21 heavy (non-hydrogen) atoms. The summed E-state index contributed by atoms with van der Waals surface area (Å²) in [5.74, 6) is -1.70. The number of nitrogens with one attached hydrogen (secondary N) is 1. The highest BCUT2D eigenvalue weighted by atomic mass is 32.1. The number of carboxylic acids is 1. The summed E-state index contributed by atoms with van der Waals surface area (Å²) in [6, 6.07) is 1.31. The number of aliphatic carboxylic acids is 1. The lowest BCUT2D eigenvalue weighted by molar-refractivity contribution is -0.143. The van der Waals surface area contributed by atoms with Crippen LogP contribution in [0.25, 0.3) is 0 Å². The summed E-state index contributed by atoms with van der Waals surface area (Å²) in [6.07, 6.45) is 0.881. The number of thiophene rings is 1. The van der Waals surface area contributed by atoms with Crippen LogP contribution in [0.4, 0.5) is 10.5 Å². The molecule has 8 heteroatoms. The molecule has 2 amide bonds. The molecule has 0 radical (unpaired) electrons. The molecule has 2 N–H and O–H groups in total. The molecule has 0 spiro atoms. The zero-order chi connectivity index (χ0) is 15.4. The second kappa shape index (κ2) is 6.57. The van der Waals surface area contributed by atoms with E-state index in [0.29, 0.717) is 36.5 Å². The molecule has 114 valence electrons. The molecule has 1 saturated heterocycles. The lowest BCUT2D eigenvalue weighted by atomic mass is 9.97. The van der Waals surface area contributed by atoms with E-state index in [1.54, 1.807) is 16.3 Å².